The third kappa shape index (κ3) is 2.41. The van der Waals surface area contributed by atoms with Gasteiger partial charge in [0.2, 0.25) is 0 Å². The lowest BCUT2D eigenvalue weighted by atomic mass is 10.1. The number of hydrogen-bond acceptors (Lipinski definition) is 2. The van der Waals surface area contributed by atoms with E-state index in [0.29, 0.717) is 10.7 Å². The van der Waals surface area contributed by atoms with E-state index in [1.54, 1.807) is 12.1 Å². The highest BCUT2D eigenvalue weighted by atomic mass is 35.5. The summed E-state index contributed by atoms with van der Waals surface area (Å²) in [5, 5.41) is 0.435. The quantitative estimate of drug-likeness (QED) is 0.800. The molecule has 4 heteroatoms. The molecule has 1 aromatic carbocycles. The SMILES string of the molecule is NC1CCN(c2ccc(Cl)cc2F)CC1. The van der Waals surface area contributed by atoms with Crippen molar-refractivity contribution in [2.24, 2.45) is 5.73 Å². The third-order valence-electron chi connectivity index (χ3n) is 2.79. The molecule has 0 bridgehead atoms. The largest absolute Gasteiger partial charge is 0.369 e. The van der Waals surface area contributed by atoms with Crippen molar-refractivity contribution < 1.29 is 4.39 Å². The van der Waals surface area contributed by atoms with Crippen LogP contribution in [0.3, 0.4) is 0 Å². The molecule has 0 unspecified atom stereocenters. The van der Waals surface area contributed by atoms with Crippen LogP contribution in [0.5, 0.6) is 0 Å². The van der Waals surface area contributed by atoms with Crippen LogP contribution in [0, 0.1) is 5.82 Å². The normalized spacial score (nSPS) is 18.2. The molecule has 1 heterocycles. The van der Waals surface area contributed by atoms with Crippen LogP contribution in [0.15, 0.2) is 18.2 Å². The first kappa shape index (κ1) is 10.7. The lowest BCUT2D eigenvalue weighted by Gasteiger charge is -2.32. The smallest absolute Gasteiger partial charge is 0.147 e. The molecule has 1 aromatic rings. The molecule has 0 amide bonds. The summed E-state index contributed by atoms with van der Waals surface area (Å²) < 4.78 is 13.6. The van der Waals surface area contributed by atoms with Crippen molar-refractivity contribution in [3.8, 4) is 0 Å². The molecular weight excluding hydrogens is 215 g/mol. The Balaban J connectivity index is 2.15. The molecule has 0 saturated carbocycles. The summed E-state index contributed by atoms with van der Waals surface area (Å²) in [6.07, 6.45) is 1.84. The van der Waals surface area contributed by atoms with E-state index in [2.05, 4.69) is 0 Å². The molecule has 1 saturated heterocycles. The molecule has 2 rings (SSSR count). The van der Waals surface area contributed by atoms with Crippen LogP contribution in [-0.2, 0) is 0 Å². The van der Waals surface area contributed by atoms with Gasteiger partial charge in [0.05, 0.1) is 5.69 Å². The molecule has 0 radical (unpaired) electrons. The second-order valence-corrected chi connectivity index (χ2v) is 4.36. The monoisotopic (exact) mass is 228 g/mol. The van der Waals surface area contributed by atoms with E-state index in [4.69, 9.17) is 17.3 Å². The Bertz CT molecular complexity index is 348. The van der Waals surface area contributed by atoms with Gasteiger partial charge in [-0.25, -0.2) is 4.39 Å². The summed E-state index contributed by atoms with van der Waals surface area (Å²) in [6.45, 7) is 1.64. The van der Waals surface area contributed by atoms with Crippen molar-refractivity contribution in [2.45, 2.75) is 18.9 Å². The van der Waals surface area contributed by atoms with E-state index in [-0.39, 0.29) is 11.9 Å². The fraction of sp³-hybridized carbons (Fsp3) is 0.455. The first-order chi connectivity index (χ1) is 7.16. The summed E-state index contributed by atoms with van der Waals surface area (Å²) in [4.78, 5) is 2.02. The molecule has 0 spiro atoms. The molecule has 2 N–H and O–H groups in total. The molecule has 1 fully saturated rings. The summed E-state index contributed by atoms with van der Waals surface area (Å²) in [6, 6.07) is 5.06. The van der Waals surface area contributed by atoms with Gasteiger partial charge in [-0.15, -0.1) is 0 Å². The summed E-state index contributed by atoms with van der Waals surface area (Å²) >= 11 is 5.70. The van der Waals surface area contributed by atoms with Crippen LogP contribution in [0.1, 0.15) is 12.8 Å². The van der Waals surface area contributed by atoms with E-state index in [1.165, 1.54) is 6.07 Å². The maximum Gasteiger partial charge on any atom is 0.147 e. The van der Waals surface area contributed by atoms with E-state index in [1.807, 2.05) is 4.90 Å². The van der Waals surface area contributed by atoms with Gasteiger partial charge in [-0.05, 0) is 31.0 Å². The Labute approximate surface area is 93.8 Å². The van der Waals surface area contributed by atoms with E-state index < -0.39 is 0 Å². The van der Waals surface area contributed by atoms with Crippen LogP contribution in [0.2, 0.25) is 5.02 Å². The Morgan fingerprint density at radius 1 is 1.33 bits per heavy atom. The highest BCUT2D eigenvalue weighted by Gasteiger charge is 2.18. The minimum atomic E-state index is -0.252. The van der Waals surface area contributed by atoms with Gasteiger partial charge >= 0.3 is 0 Å². The van der Waals surface area contributed by atoms with Crippen molar-refractivity contribution in [3.05, 3.63) is 29.0 Å². The predicted molar refractivity (Wildman–Crippen MR) is 60.8 cm³/mol. The van der Waals surface area contributed by atoms with Gasteiger partial charge in [0.25, 0.3) is 0 Å². The Kier molecular flexibility index (Phi) is 3.12. The van der Waals surface area contributed by atoms with Crippen molar-refractivity contribution in [3.63, 3.8) is 0 Å². The fourth-order valence-electron chi connectivity index (χ4n) is 1.88. The van der Waals surface area contributed by atoms with Crippen LogP contribution in [0.25, 0.3) is 0 Å². The number of anilines is 1. The number of nitrogens with zero attached hydrogens (tertiary/aromatic N) is 1. The Morgan fingerprint density at radius 2 is 2.00 bits per heavy atom. The Morgan fingerprint density at radius 3 is 2.60 bits per heavy atom. The summed E-state index contributed by atoms with van der Waals surface area (Å²) in [7, 11) is 0. The first-order valence-electron chi connectivity index (χ1n) is 5.12. The predicted octanol–water partition coefficient (Wildman–Crippen LogP) is 2.41. The number of nitrogens with two attached hydrogens (primary N) is 1. The molecule has 15 heavy (non-hydrogen) atoms. The molecule has 0 aliphatic carbocycles. The lowest BCUT2D eigenvalue weighted by Crippen LogP contribution is -2.40. The molecule has 1 aliphatic heterocycles. The van der Waals surface area contributed by atoms with E-state index in [9.17, 15) is 4.39 Å². The number of hydrogen-bond donors (Lipinski definition) is 1. The van der Waals surface area contributed by atoms with Gasteiger partial charge in [-0.1, -0.05) is 11.6 Å². The van der Waals surface area contributed by atoms with E-state index in [0.717, 1.165) is 25.9 Å². The zero-order chi connectivity index (χ0) is 10.8. The van der Waals surface area contributed by atoms with Crippen molar-refractivity contribution in [1.82, 2.24) is 0 Å². The molecule has 82 valence electrons. The number of rotatable bonds is 1. The third-order valence-corrected chi connectivity index (χ3v) is 3.03. The topological polar surface area (TPSA) is 29.3 Å². The van der Waals surface area contributed by atoms with Crippen LogP contribution >= 0.6 is 11.6 Å². The van der Waals surface area contributed by atoms with Gasteiger partial charge in [0, 0.05) is 24.2 Å². The van der Waals surface area contributed by atoms with Crippen LogP contribution in [0.4, 0.5) is 10.1 Å². The Hall–Kier alpha value is -0.800. The maximum atomic E-state index is 13.6. The van der Waals surface area contributed by atoms with Gasteiger partial charge in [0.1, 0.15) is 5.82 Å². The maximum absolute atomic E-state index is 13.6. The second-order valence-electron chi connectivity index (χ2n) is 3.92. The van der Waals surface area contributed by atoms with Gasteiger partial charge in [-0.3, -0.25) is 0 Å². The number of piperidine rings is 1. The number of halogens is 2. The highest BCUT2D eigenvalue weighted by molar-refractivity contribution is 6.30. The molecule has 1 aliphatic rings. The average Bonchev–Trinajstić information content (AvgIpc) is 2.20. The van der Waals surface area contributed by atoms with Crippen LogP contribution in [-0.4, -0.2) is 19.1 Å². The highest BCUT2D eigenvalue weighted by Crippen LogP contribution is 2.25. The standard InChI is InChI=1S/C11H14ClFN2/c12-8-1-2-11(10(13)7-8)15-5-3-9(14)4-6-15/h1-2,7,9H,3-6,14H2. The fourth-order valence-corrected chi connectivity index (χ4v) is 2.04. The van der Waals surface area contributed by atoms with Crippen molar-refractivity contribution >= 4 is 17.3 Å². The molecule has 0 aromatic heterocycles. The van der Waals surface area contributed by atoms with Gasteiger partial charge in [0.15, 0.2) is 0 Å². The van der Waals surface area contributed by atoms with Gasteiger partial charge in [-0.2, -0.15) is 0 Å². The molecule has 0 atom stereocenters. The zero-order valence-electron chi connectivity index (χ0n) is 8.42. The lowest BCUT2D eigenvalue weighted by molar-refractivity contribution is 0.494. The minimum absolute atomic E-state index is 0.252. The minimum Gasteiger partial charge on any atom is -0.369 e. The summed E-state index contributed by atoms with van der Waals surface area (Å²) in [5.41, 5.74) is 6.43. The van der Waals surface area contributed by atoms with Crippen molar-refractivity contribution in [1.29, 1.82) is 0 Å². The zero-order valence-corrected chi connectivity index (χ0v) is 9.17. The van der Waals surface area contributed by atoms with Crippen molar-refractivity contribution in [2.75, 3.05) is 18.0 Å². The number of benzene rings is 1. The van der Waals surface area contributed by atoms with E-state index >= 15 is 0 Å². The first-order valence-corrected chi connectivity index (χ1v) is 5.50. The molecular formula is C11H14ClFN2. The van der Waals surface area contributed by atoms with Crippen LogP contribution < -0.4 is 10.6 Å². The average molecular weight is 229 g/mol. The molecule has 2 nitrogen and oxygen atoms in total. The summed E-state index contributed by atoms with van der Waals surface area (Å²) in [5.74, 6) is -0.252. The second kappa shape index (κ2) is 4.37. The van der Waals surface area contributed by atoms with Gasteiger partial charge < -0.3 is 10.6 Å².